The number of nitrogens with one attached hydrogen (secondary N) is 2. The Labute approximate surface area is 103 Å². The molecule has 2 unspecified atom stereocenters. The molecular weight excluding hydrogens is 218 g/mol. The van der Waals surface area contributed by atoms with E-state index in [0.717, 1.165) is 19.4 Å². The van der Waals surface area contributed by atoms with Crippen molar-refractivity contribution in [1.82, 2.24) is 15.5 Å². The van der Waals surface area contributed by atoms with E-state index in [1.807, 2.05) is 13.8 Å². The molecule has 1 rings (SSSR count). The summed E-state index contributed by atoms with van der Waals surface area (Å²) in [4.78, 5) is 25.5. The third-order valence-electron chi connectivity index (χ3n) is 3.44. The van der Waals surface area contributed by atoms with Crippen LogP contribution in [0.25, 0.3) is 0 Å². The van der Waals surface area contributed by atoms with E-state index in [-0.39, 0.29) is 11.8 Å². The SMILES string of the molecule is CCN(C)C(=O)C(C)NC(=O)C1(C)CCCN1. The number of nitrogens with zero attached hydrogens (tertiary/aromatic N) is 1. The first-order valence-corrected chi connectivity index (χ1v) is 6.21. The van der Waals surface area contributed by atoms with Gasteiger partial charge in [0.05, 0.1) is 5.54 Å². The summed E-state index contributed by atoms with van der Waals surface area (Å²) >= 11 is 0. The molecule has 5 heteroatoms. The Morgan fingerprint density at radius 2 is 2.18 bits per heavy atom. The first-order chi connectivity index (χ1) is 7.90. The Kier molecular flexibility index (Phi) is 4.51. The summed E-state index contributed by atoms with van der Waals surface area (Å²) in [5, 5.41) is 5.97. The van der Waals surface area contributed by atoms with Gasteiger partial charge in [-0.25, -0.2) is 0 Å². The molecule has 0 aromatic carbocycles. The Balaban J connectivity index is 2.53. The van der Waals surface area contributed by atoms with E-state index in [1.54, 1.807) is 18.9 Å². The molecular formula is C12H23N3O2. The number of rotatable bonds is 4. The fourth-order valence-corrected chi connectivity index (χ4v) is 1.99. The number of hydrogen-bond donors (Lipinski definition) is 2. The second kappa shape index (κ2) is 5.49. The van der Waals surface area contributed by atoms with Crippen LogP contribution in [0.1, 0.15) is 33.6 Å². The van der Waals surface area contributed by atoms with Crippen molar-refractivity contribution in [3.63, 3.8) is 0 Å². The Morgan fingerprint density at radius 3 is 2.65 bits per heavy atom. The van der Waals surface area contributed by atoms with Crippen LogP contribution in [0, 0.1) is 0 Å². The summed E-state index contributed by atoms with van der Waals surface area (Å²) in [6.07, 6.45) is 1.82. The predicted octanol–water partition coefficient (Wildman–Crippen LogP) is 0.112. The highest BCUT2D eigenvalue weighted by molar-refractivity contribution is 5.91. The smallest absolute Gasteiger partial charge is 0.244 e. The zero-order valence-electron chi connectivity index (χ0n) is 11.2. The van der Waals surface area contributed by atoms with Crippen molar-refractivity contribution in [2.24, 2.45) is 0 Å². The topological polar surface area (TPSA) is 61.4 Å². The van der Waals surface area contributed by atoms with E-state index in [0.29, 0.717) is 6.54 Å². The first-order valence-electron chi connectivity index (χ1n) is 6.21. The van der Waals surface area contributed by atoms with E-state index < -0.39 is 11.6 Å². The maximum atomic E-state index is 12.0. The van der Waals surface area contributed by atoms with Gasteiger partial charge in [-0.15, -0.1) is 0 Å². The van der Waals surface area contributed by atoms with Gasteiger partial charge in [0, 0.05) is 13.6 Å². The van der Waals surface area contributed by atoms with Gasteiger partial charge < -0.3 is 15.5 Å². The summed E-state index contributed by atoms with van der Waals surface area (Å²) in [6.45, 7) is 7.03. The molecule has 1 aliphatic heterocycles. The summed E-state index contributed by atoms with van der Waals surface area (Å²) in [7, 11) is 1.74. The van der Waals surface area contributed by atoms with Gasteiger partial charge in [0.2, 0.25) is 11.8 Å². The molecule has 1 saturated heterocycles. The van der Waals surface area contributed by atoms with Gasteiger partial charge >= 0.3 is 0 Å². The molecule has 0 saturated carbocycles. The number of hydrogen-bond acceptors (Lipinski definition) is 3. The summed E-state index contributed by atoms with van der Waals surface area (Å²) < 4.78 is 0. The van der Waals surface area contributed by atoms with Crippen LogP contribution < -0.4 is 10.6 Å². The molecule has 2 amide bonds. The van der Waals surface area contributed by atoms with E-state index in [4.69, 9.17) is 0 Å². The standard InChI is InChI=1S/C12H23N3O2/c1-5-15(4)10(16)9(2)14-11(17)12(3)7-6-8-13-12/h9,13H,5-8H2,1-4H3,(H,14,17). The molecule has 2 N–H and O–H groups in total. The fourth-order valence-electron chi connectivity index (χ4n) is 1.99. The maximum absolute atomic E-state index is 12.0. The van der Waals surface area contributed by atoms with Crippen LogP contribution >= 0.6 is 0 Å². The van der Waals surface area contributed by atoms with Crippen LogP contribution in [0.2, 0.25) is 0 Å². The summed E-state index contributed by atoms with van der Waals surface area (Å²) in [5.74, 6) is -0.136. The van der Waals surface area contributed by atoms with Gasteiger partial charge in [-0.05, 0) is 40.2 Å². The minimum atomic E-state index is -0.515. The summed E-state index contributed by atoms with van der Waals surface area (Å²) in [5.41, 5.74) is -0.515. The molecule has 1 aliphatic rings. The molecule has 0 aliphatic carbocycles. The van der Waals surface area contributed by atoms with E-state index >= 15 is 0 Å². The molecule has 2 atom stereocenters. The van der Waals surface area contributed by atoms with Crippen molar-refractivity contribution >= 4 is 11.8 Å². The number of likely N-dealkylation sites (N-methyl/N-ethyl adjacent to an activating group) is 1. The lowest BCUT2D eigenvalue weighted by molar-refractivity contribution is -0.136. The number of carbonyl (C=O) groups is 2. The minimum absolute atomic E-state index is 0.0533. The molecule has 5 nitrogen and oxygen atoms in total. The fraction of sp³-hybridized carbons (Fsp3) is 0.833. The zero-order chi connectivity index (χ0) is 13.1. The third-order valence-corrected chi connectivity index (χ3v) is 3.44. The van der Waals surface area contributed by atoms with Gasteiger partial charge in [0.15, 0.2) is 0 Å². The molecule has 0 bridgehead atoms. The van der Waals surface area contributed by atoms with Gasteiger partial charge in [-0.2, -0.15) is 0 Å². The quantitative estimate of drug-likeness (QED) is 0.734. The highest BCUT2D eigenvalue weighted by atomic mass is 16.2. The maximum Gasteiger partial charge on any atom is 0.244 e. The third kappa shape index (κ3) is 3.19. The van der Waals surface area contributed by atoms with Crippen LogP contribution in [0.15, 0.2) is 0 Å². The highest BCUT2D eigenvalue weighted by Crippen LogP contribution is 2.18. The predicted molar refractivity (Wildman–Crippen MR) is 66.6 cm³/mol. The lowest BCUT2D eigenvalue weighted by Crippen LogP contribution is -2.56. The first kappa shape index (κ1) is 14.0. The van der Waals surface area contributed by atoms with Crippen molar-refractivity contribution in [3.05, 3.63) is 0 Å². The van der Waals surface area contributed by atoms with Gasteiger partial charge in [0.1, 0.15) is 6.04 Å². The van der Waals surface area contributed by atoms with E-state index in [9.17, 15) is 9.59 Å². The van der Waals surface area contributed by atoms with Crippen molar-refractivity contribution in [2.45, 2.75) is 45.2 Å². The van der Waals surface area contributed by atoms with Gasteiger partial charge in [0.25, 0.3) is 0 Å². The molecule has 0 aromatic rings. The zero-order valence-corrected chi connectivity index (χ0v) is 11.2. The normalized spacial score (nSPS) is 25.4. The van der Waals surface area contributed by atoms with Crippen LogP contribution in [-0.4, -0.2) is 48.4 Å². The number of amides is 2. The molecule has 1 heterocycles. The molecule has 1 fully saturated rings. The average Bonchev–Trinajstić information content (AvgIpc) is 2.75. The minimum Gasteiger partial charge on any atom is -0.344 e. The molecule has 0 aromatic heterocycles. The second-order valence-corrected chi connectivity index (χ2v) is 4.91. The molecule has 0 spiro atoms. The van der Waals surface area contributed by atoms with Gasteiger partial charge in [-0.1, -0.05) is 0 Å². The molecule has 0 radical (unpaired) electrons. The van der Waals surface area contributed by atoms with Crippen LogP contribution in [-0.2, 0) is 9.59 Å². The Morgan fingerprint density at radius 1 is 1.53 bits per heavy atom. The van der Waals surface area contributed by atoms with Crippen molar-refractivity contribution in [1.29, 1.82) is 0 Å². The van der Waals surface area contributed by atoms with Gasteiger partial charge in [-0.3, -0.25) is 9.59 Å². The van der Waals surface area contributed by atoms with Crippen molar-refractivity contribution < 1.29 is 9.59 Å². The van der Waals surface area contributed by atoms with Crippen molar-refractivity contribution in [3.8, 4) is 0 Å². The lowest BCUT2D eigenvalue weighted by atomic mass is 9.99. The monoisotopic (exact) mass is 241 g/mol. The van der Waals surface area contributed by atoms with Crippen LogP contribution in [0.5, 0.6) is 0 Å². The largest absolute Gasteiger partial charge is 0.344 e. The lowest BCUT2D eigenvalue weighted by Gasteiger charge is -2.27. The Bertz CT molecular complexity index is 298. The van der Waals surface area contributed by atoms with Crippen molar-refractivity contribution in [2.75, 3.05) is 20.1 Å². The summed E-state index contributed by atoms with van der Waals surface area (Å²) in [6, 6.07) is -0.466. The number of carbonyl (C=O) groups excluding carboxylic acids is 2. The molecule has 17 heavy (non-hydrogen) atoms. The average molecular weight is 241 g/mol. The van der Waals surface area contributed by atoms with E-state index in [2.05, 4.69) is 10.6 Å². The van der Waals surface area contributed by atoms with Crippen LogP contribution in [0.4, 0.5) is 0 Å². The Hall–Kier alpha value is -1.10. The highest BCUT2D eigenvalue weighted by Gasteiger charge is 2.37. The molecule has 98 valence electrons. The van der Waals surface area contributed by atoms with Crippen LogP contribution in [0.3, 0.4) is 0 Å². The second-order valence-electron chi connectivity index (χ2n) is 4.91. The van der Waals surface area contributed by atoms with E-state index in [1.165, 1.54) is 0 Å².